The Labute approximate surface area is 172 Å². The average molecular weight is 415 g/mol. The summed E-state index contributed by atoms with van der Waals surface area (Å²) < 4.78 is 18.8. The van der Waals surface area contributed by atoms with Crippen molar-refractivity contribution in [3.8, 4) is 0 Å². The Balaban J connectivity index is 1.38. The highest BCUT2D eigenvalue weighted by molar-refractivity contribution is 6.33. The third kappa shape index (κ3) is 3.98. The Kier molecular flexibility index (Phi) is 5.28. The second-order valence-electron chi connectivity index (χ2n) is 7.23. The minimum absolute atomic E-state index is 0.000175. The Bertz CT molecular complexity index is 1090. The maximum absolute atomic E-state index is 13.2. The molecule has 2 heterocycles. The SMILES string of the molecule is Cc1ccc2c(CC(=O)N3CCN(C(=O)c4ccc(F)cc4Cl)CC3)coc2c1. The lowest BCUT2D eigenvalue weighted by Gasteiger charge is -2.35. The number of piperazine rings is 1. The van der Waals surface area contributed by atoms with E-state index in [1.54, 1.807) is 16.1 Å². The second-order valence-corrected chi connectivity index (χ2v) is 7.64. The van der Waals surface area contributed by atoms with E-state index >= 15 is 0 Å². The maximum atomic E-state index is 13.2. The van der Waals surface area contributed by atoms with Crippen LogP contribution < -0.4 is 0 Å². The number of rotatable bonds is 3. The number of halogens is 2. The number of fused-ring (bicyclic) bond motifs is 1. The van der Waals surface area contributed by atoms with Gasteiger partial charge in [-0.1, -0.05) is 23.7 Å². The summed E-state index contributed by atoms with van der Waals surface area (Å²) in [5.74, 6) is -0.734. The van der Waals surface area contributed by atoms with Crippen LogP contribution in [0.15, 0.2) is 47.1 Å². The van der Waals surface area contributed by atoms with E-state index in [0.29, 0.717) is 26.2 Å². The summed E-state index contributed by atoms with van der Waals surface area (Å²) in [6.45, 7) is 3.69. The monoisotopic (exact) mass is 414 g/mol. The highest BCUT2D eigenvalue weighted by Crippen LogP contribution is 2.24. The van der Waals surface area contributed by atoms with Crippen LogP contribution in [0.1, 0.15) is 21.5 Å². The molecule has 0 aliphatic carbocycles. The van der Waals surface area contributed by atoms with Gasteiger partial charge in [0.15, 0.2) is 0 Å². The third-order valence-electron chi connectivity index (χ3n) is 5.23. The average Bonchev–Trinajstić information content (AvgIpc) is 3.09. The number of amides is 2. The van der Waals surface area contributed by atoms with Crippen LogP contribution in [-0.4, -0.2) is 47.8 Å². The van der Waals surface area contributed by atoms with E-state index in [0.717, 1.165) is 28.2 Å². The van der Waals surface area contributed by atoms with Gasteiger partial charge in [-0.05, 0) is 36.8 Å². The molecule has 5 nitrogen and oxygen atoms in total. The van der Waals surface area contributed by atoms with Crippen molar-refractivity contribution in [1.29, 1.82) is 0 Å². The lowest BCUT2D eigenvalue weighted by atomic mass is 10.1. The molecular formula is C22H20ClFN2O3. The molecule has 1 aliphatic rings. The van der Waals surface area contributed by atoms with Crippen LogP contribution in [0, 0.1) is 12.7 Å². The number of nitrogens with zero attached hydrogens (tertiary/aromatic N) is 2. The van der Waals surface area contributed by atoms with Gasteiger partial charge in [-0.25, -0.2) is 4.39 Å². The molecule has 0 N–H and O–H groups in total. The molecule has 0 spiro atoms. The van der Waals surface area contributed by atoms with Crippen molar-refractivity contribution in [2.75, 3.05) is 26.2 Å². The summed E-state index contributed by atoms with van der Waals surface area (Å²) in [7, 11) is 0. The lowest BCUT2D eigenvalue weighted by molar-refractivity contribution is -0.131. The van der Waals surface area contributed by atoms with Crippen molar-refractivity contribution in [1.82, 2.24) is 9.80 Å². The predicted molar refractivity (Wildman–Crippen MR) is 109 cm³/mol. The minimum atomic E-state index is -0.483. The zero-order chi connectivity index (χ0) is 20.5. The third-order valence-corrected chi connectivity index (χ3v) is 5.55. The van der Waals surface area contributed by atoms with E-state index in [1.165, 1.54) is 12.1 Å². The van der Waals surface area contributed by atoms with Crippen LogP contribution in [0.5, 0.6) is 0 Å². The largest absolute Gasteiger partial charge is 0.464 e. The molecule has 3 aromatic rings. The highest BCUT2D eigenvalue weighted by Gasteiger charge is 2.26. The molecule has 2 aromatic carbocycles. The molecule has 4 rings (SSSR count). The normalized spacial score (nSPS) is 14.4. The molecule has 150 valence electrons. The van der Waals surface area contributed by atoms with Crippen molar-refractivity contribution >= 4 is 34.4 Å². The van der Waals surface area contributed by atoms with Crippen molar-refractivity contribution in [2.24, 2.45) is 0 Å². The number of aryl methyl sites for hydroxylation is 1. The highest BCUT2D eigenvalue weighted by atomic mass is 35.5. The van der Waals surface area contributed by atoms with E-state index in [4.69, 9.17) is 16.0 Å². The van der Waals surface area contributed by atoms with Crippen LogP contribution in [0.3, 0.4) is 0 Å². The zero-order valence-electron chi connectivity index (χ0n) is 16.0. The van der Waals surface area contributed by atoms with Crippen molar-refractivity contribution < 1.29 is 18.4 Å². The number of hydrogen-bond donors (Lipinski definition) is 0. The van der Waals surface area contributed by atoms with Gasteiger partial charge in [-0.2, -0.15) is 0 Å². The topological polar surface area (TPSA) is 53.8 Å². The van der Waals surface area contributed by atoms with Crippen LogP contribution in [0.2, 0.25) is 5.02 Å². The molecule has 1 aliphatic heterocycles. The van der Waals surface area contributed by atoms with Crippen LogP contribution in [0.25, 0.3) is 11.0 Å². The summed E-state index contributed by atoms with van der Waals surface area (Å²) in [6, 6.07) is 9.66. The standard InChI is InChI=1S/C22H20ClFN2O3/c1-14-2-4-17-15(13-29-20(17)10-14)11-21(27)25-6-8-26(9-7-25)22(28)18-5-3-16(24)12-19(18)23/h2-5,10,12-13H,6-9,11H2,1H3. The number of carbonyl (C=O) groups excluding carboxylic acids is 2. The molecule has 0 saturated carbocycles. The van der Waals surface area contributed by atoms with Gasteiger partial charge in [-0.3, -0.25) is 9.59 Å². The van der Waals surface area contributed by atoms with E-state index in [9.17, 15) is 14.0 Å². The van der Waals surface area contributed by atoms with Gasteiger partial charge in [0.1, 0.15) is 11.4 Å². The first-order chi connectivity index (χ1) is 13.9. The molecule has 1 fully saturated rings. The fourth-order valence-corrected chi connectivity index (χ4v) is 3.84. The van der Waals surface area contributed by atoms with Crippen molar-refractivity contribution in [2.45, 2.75) is 13.3 Å². The van der Waals surface area contributed by atoms with Crippen LogP contribution >= 0.6 is 11.6 Å². The van der Waals surface area contributed by atoms with Crippen LogP contribution in [-0.2, 0) is 11.2 Å². The summed E-state index contributed by atoms with van der Waals surface area (Å²) in [5, 5.41) is 1.04. The molecule has 1 aromatic heterocycles. The molecule has 2 amide bonds. The Hall–Kier alpha value is -2.86. The van der Waals surface area contributed by atoms with Gasteiger partial charge < -0.3 is 14.2 Å². The Morgan fingerprint density at radius 3 is 2.52 bits per heavy atom. The van der Waals surface area contributed by atoms with Gasteiger partial charge in [0.2, 0.25) is 5.91 Å². The number of carbonyl (C=O) groups is 2. The molecule has 7 heteroatoms. The van der Waals surface area contributed by atoms with E-state index in [1.807, 2.05) is 25.1 Å². The first-order valence-electron chi connectivity index (χ1n) is 9.41. The summed E-state index contributed by atoms with van der Waals surface area (Å²) in [4.78, 5) is 28.8. The van der Waals surface area contributed by atoms with Gasteiger partial charge in [0.05, 0.1) is 23.3 Å². The summed E-state index contributed by atoms with van der Waals surface area (Å²) in [6.07, 6.45) is 1.89. The second kappa shape index (κ2) is 7.87. The van der Waals surface area contributed by atoms with Gasteiger partial charge in [0, 0.05) is 37.1 Å². The van der Waals surface area contributed by atoms with Crippen molar-refractivity contribution in [3.63, 3.8) is 0 Å². The molecule has 29 heavy (non-hydrogen) atoms. The quantitative estimate of drug-likeness (QED) is 0.649. The van der Waals surface area contributed by atoms with Gasteiger partial charge >= 0.3 is 0 Å². The van der Waals surface area contributed by atoms with E-state index in [-0.39, 0.29) is 28.8 Å². The van der Waals surface area contributed by atoms with Crippen LogP contribution in [0.4, 0.5) is 4.39 Å². The first-order valence-corrected chi connectivity index (χ1v) is 9.79. The van der Waals surface area contributed by atoms with Gasteiger partial charge in [-0.15, -0.1) is 0 Å². The van der Waals surface area contributed by atoms with E-state index < -0.39 is 5.82 Å². The minimum Gasteiger partial charge on any atom is -0.464 e. The summed E-state index contributed by atoms with van der Waals surface area (Å²) >= 11 is 6.00. The fourth-order valence-electron chi connectivity index (χ4n) is 3.59. The Morgan fingerprint density at radius 1 is 1.07 bits per heavy atom. The predicted octanol–water partition coefficient (Wildman–Crippen LogP) is 4.06. The Morgan fingerprint density at radius 2 is 1.79 bits per heavy atom. The van der Waals surface area contributed by atoms with Crippen molar-refractivity contribution in [3.05, 3.63) is 70.2 Å². The van der Waals surface area contributed by atoms with E-state index in [2.05, 4.69) is 0 Å². The number of benzene rings is 2. The van der Waals surface area contributed by atoms with Gasteiger partial charge in [0.25, 0.3) is 5.91 Å². The molecule has 0 unspecified atom stereocenters. The molecular weight excluding hydrogens is 395 g/mol. The number of hydrogen-bond acceptors (Lipinski definition) is 3. The lowest BCUT2D eigenvalue weighted by Crippen LogP contribution is -2.51. The fraction of sp³-hybridized carbons (Fsp3) is 0.273. The molecule has 0 radical (unpaired) electrons. The maximum Gasteiger partial charge on any atom is 0.255 e. The molecule has 0 atom stereocenters. The number of furan rings is 1. The first kappa shape index (κ1) is 19.5. The smallest absolute Gasteiger partial charge is 0.255 e. The molecule has 1 saturated heterocycles. The summed E-state index contributed by atoms with van der Waals surface area (Å²) in [5.41, 5.74) is 3.01. The molecule has 0 bridgehead atoms. The zero-order valence-corrected chi connectivity index (χ0v) is 16.7.